The summed E-state index contributed by atoms with van der Waals surface area (Å²) in [6, 6.07) is 27.3. The van der Waals surface area contributed by atoms with Gasteiger partial charge in [0.25, 0.3) is 5.91 Å². The molecule has 1 aliphatic heterocycles. The minimum atomic E-state index is -0.192. The number of nitrogens with one attached hydrogen (secondary N) is 1. The third-order valence-corrected chi connectivity index (χ3v) is 7.25. The van der Waals surface area contributed by atoms with E-state index in [1.807, 2.05) is 77.8 Å². The molecule has 39 heavy (non-hydrogen) atoms. The maximum absolute atomic E-state index is 13.6. The lowest BCUT2D eigenvalue weighted by Gasteiger charge is -2.41. The van der Waals surface area contributed by atoms with Crippen molar-refractivity contribution in [1.82, 2.24) is 24.6 Å². The molecule has 1 saturated heterocycles. The number of piperazine rings is 1. The van der Waals surface area contributed by atoms with E-state index < -0.39 is 0 Å². The standard InChI is InChI=1S/C31H29N5O3/c1-39-29-10-5-9-27-26(29)18-28(33-27)31(38)34-20-25(17-22-7-3-2-4-8-22)35(30(37)21-34)19-23-11-13-24(14-12-23)36-16-6-15-32-36/h2-16,18,25,33H,17,19-21H2,1H3/t25-/m0/s1. The molecular formula is C31H29N5O3. The van der Waals surface area contributed by atoms with Gasteiger partial charge in [0.05, 0.1) is 18.8 Å². The lowest BCUT2D eigenvalue weighted by Crippen LogP contribution is -2.58. The van der Waals surface area contributed by atoms with Gasteiger partial charge in [-0.3, -0.25) is 9.59 Å². The van der Waals surface area contributed by atoms with E-state index in [-0.39, 0.29) is 24.4 Å². The van der Waals surface area contributed by atoms with Crippen LogP contribution in [-0.4, -0.2) is 62.6 Å². The smallest absolute Gasteiger partial charge is 0.270 e. The summed E-state index contributed by atoms with van der Waals surface area (Å²) in [6.07, 6.45) is 4.30. The number of carbonyl (C=O) groups is 2. The maximum Gasteiger partial charge on any atom is 0.270 e. The Morgan fingerprint density at radius 3 is 2.56 bits per heavy atom. The summed E-state index contributed by atoms with van der Waals surface area (Å²) in [5.41, 5.74) is 4.38. The van der Waals surface area contributed by atoms with Crippen LogP contribution in [-0.2, 0) is 17.8 Å². The summed E-state index contributed by atoms with van der Waals surface area (Å²) in [5, 5.41) is 5.12. The van der Waals surface area contributed by atoms with Crippen LogP contribution in [0.25, 0.3) is 16.6 Å². The Balaban J connectivity index is 1.25. The Hall–Kier alpha value is -4.85. The van der Waals surface area contributed by atoms with Gasteiger partial charge in [0.1, 0.15) is 18.0 Å². The van der Waals surface area contributed by atoms with Gasteiger partial charge in [0.2, 0.25) is 5.91 Å². The van der Waals surface area contributed by atoms with Gasteiger partial charge in [-0.2, -0.15) is 5.10 Å². The van der Waals surface area contributed by atoms with Gasteiger partial charge in [0.15, 0.2) is 0 Å². The molecule has 1 N–H and O–H groups in total. The summed E-state index contributed by atoms with van der Waals surface area (Å²) in [6.45, 7) is 0.945. The summed E-state index contributed by atoms with van der Waals surface area (Å²) >= 11 is 0. The Kier molecular flexibility index (Phi) is 6.59. The third kappa shape index (κ3) is 5.01. The van der Waals surface area contributed by atoms with Gasteiger partial charge in [0, 0.05) is 36.4 Å². The first-order valence-corrected chi connectivity index (χ1v) is 13.0. The second kappa shape index (κ2) is 10.5. The van der Waals surface area contributed by atoms with Crippen LogP contribution in [0.1, 0.15) is 21.6 Å². The van der Waals surface area contributed by atoms with Crippen LogP contribution in [0.15, 0.2) is 97.3 Å². The van der Waals surface area contributed by atoms with Crippen molar-refractivity contribution in [1.29, 1.82) is 0 Å². The van der Waals surface area contributed by atoms with Gasteiger partial charge in [-0.15, -0.1) is 0 Å². The average Bonchev–Trinajstić information content (AvgIpc) is 3.66. The minimum absolute atomic E-state index is 0.0298. The topological polar surface area (TPSA) is 83.5 Å². The van der Waals surface area contributed by atoms with E-state index >= 15 is 0 Å². The van der Waals surface area contributed by atoms with Gasteiger partial charge in [-0.1, -0.05) is 48.5 Å². The number of amides is 2. The molecule has 1 fully saturated rings. The number of carbonyl (C=O) groups excluding carboxylic acids is 2. The zero-order valence-electron chi connectivity index (χ0n) is 21.7. The van der Waals surface area contributed by atoms with Gasteiger partial charge < -0.3 is 19.5 Å². The van der Waals surface area contributed by atoms with Crippen molar-refractivity contribution in [3.8, 4) is 11.4 Å². The molecule has 0 radical (unpaired) electrons. The monoisotopic (exact) mass is 519 g/mol. The molecule has 0 saturated carbocycles. The van der Waals surface area contributed by atoms with Crippen molar-refractivity contribution in [3.63, 3.8) is 0 Å². The zero-order chi connectivity index (χ0) is 26.8. The molecule has 0 unspecified atom stereocenters. The van der Waals surface area contributed by atoms with Crippen LogP contribution in [0.3, 0.4) is 0 Å². The van der Waals surface area contributed by atoms with Crippen molar-refractivity contribution in [3.05, 3.63) is 114 Å². The van der Waals surface area contributed by atoms with E-state index in [1.54, 1.807) is 29.0 Å². The molecule has 1 atom stereocenters. The molecule has 196 valence electrons. The number of rotatable bonds is 7. The second-order valence-electron chi connectivity index (χ2n) is 9.77. The number of hydrogen-bond donors (Lipinski definition) is 1. The maximum atomic E-state index is 13.6. The molecule has 3 aromatic carbocycles. The molecule has 0 spiro atoms. The number of nitrogens with zero attached hydrogens (tertiary/aromatic N) is 4. The highest BCUT2D eigenvalue weighted by Gasteiger charge is 2.35. The SMILES string of the molecule is COc1cccc2[nH]c(C(=O)N3CC(=O)N(Cc4ccc(-n5cccn5)cc4)[C@@H](Cc4ccccc4)C3)cc12. The lowest BCUT2D eigenvalue weighted by atomic mass is 10.0. The predicted octanol–water partition coefficient (Wildman–Crippen LogP) is 4.46. The van der Waals surface area contributed by atoms with E-state index in [1.165, 1.54) is 0 Å². The highest BCUT2D eigenvalue weighted by Crippen LogP contribution is 2.27. The zero-order valence-corrected chi connectivity index (χ0v) is 21.7. The quantitative estimate of drug-likeness (QED) is 0.344. The predicted molar refractivity (Wildman–Crippen MR) is 149 cm³/mol. The number of benzene rings is 3. The fourth-order valence-corrected chi connectivity index (χ4v) is 5.27. The molecule has 8 nitrogen and oxygen atoms in total. The number of H-pyrrole nitrogens is 1. The molecule has 0 bridgehead atoms. The molecular weight excluding hydrogens is 490 g/mol. The molecule has 1 aliphatic rings. The van der Waals surface area contributed by atoms with Crippen LogP contribution in [0.4, 0.5) is 0 Å². The summed E-state index contributed by atoms with van der Waals surface area (Å²) in [4.78, 5) is 33.9. The van der Waals surface area contributed by atoms with E-state index in [0.717, 1.165) is 27.7 Å². The number of fused-ring (bicyclic) bond motifs is 1. The van der Waals surface area contributed by atoms with E-state index in [0.29, 0.717) is 31.0 Å². The summed E-state index contributed by atoms with van der Waals surface area (Å²) < 4.78 is 7.26. The van der Waals surface area contributed by atoms with Crippen LogP contribution in [0.5, 0.6) is 5.75 Å². The fraction of sp³-hybridized carbons (Fsp3) is 0.194. The van der Waals surface area contributed by atoms with Gasteiger partial charge in [-0.05, 0) is 53.9 Å². The van der Waals surface area contributed by atoms with Crippen molar-refractivity contribution in [2.24, 2.45) is 0 Å². The van der Waals surface area contributed by atoms with Crippen LogP contribution >= 0.6 is 0 Å². The summed E-state index contributed by atoms with van der Waals surface area (Å²) in [7, 11) is 1.61. The average molecular weight is 520 g/mol. The number of aromatic nitrogens is 3. The van der Waals surface area contributed by atoms with E-state index in [9.17, 15) is 9.59 Å². The Labute approximate surface area is 226 Å². The van der Waals surface area contributed by atoms with Crippen LogP contribution < -0.4 is 4.74 Å². The van der Waals surface area contributed by atoms with E-state index in [2.05, 4.69) is 22.2 Å². The summed E-state index contributed by atoms with van der Waals surface area (Å²) in [5.74, 6) is 0.437. The molecule has 0 aliphatic carbocycles. The van der Waals surface area contributed by atoms with Gasteiger partial charge in [-0.25, -0.2) is 4.68 Å². The first-order chi connectivity index (χ1) is 19.1. The van der Waals surface area contributed by atoms with Crippen LogP contribution in [0, 0.1) is 0 Å². The molecule has 6 rings (SSSR count). The highest BCUT2D eigenvalue weighted by atomic mass is 16.5. The highest BCUT2D eigenvalue weighted by molar-refractivity contribution is 6.01. The van der Waals surface area contributed by atoms with Crippen molar-refractivity contribution < 1.29 is 14.3 Å². The normalized spacial score (nSPS) is 15.6. The van der Waals surface area contributed by atoms with Crippen LogP contribution in [0.2, 0.25) is 0 Å². The van der Waals surface area contributed by atoms with Crippen molar-refractivity contribution in [2.45, 2.75) is 19.0 Å². The molecule has 2 aromatic heterocycles. The van der Waals surface area contributed by atoms with Gasteiger partial charge >= 0.3 is 0 Å². The number of hydrogen-bond acceptors (Lipinski definition) is 4. The largest absolute Gasteiger partial charge is 0.496 e. The minimum Gasteiger partial charge on any atom is -0.496 e. The Bertz CT molecular complexity index is 1590. The fourth-order valence-electron chi connectivity index (χ4n) is 5.27. The first kappa shape index (κ1) is 24.5. The second-order valence-corrected chi connectivity index (χ2v) is 9.77. The molecule has 3 heterocycles. The van der Waals surface area contributed by atoms with E-state index in [4.69, 9.17) is 4.74 Å². The molecule has 8 heteroatoms. The molecule has 5 aromatic rings. The first-order valence-electron chi connectivity index (χ1n) is 13.0. The number of methoxy groups -OCH3 is 1. The Morgan fingerprint density at radius 1 is 1.00 bits per heavy atom. The van der Waals surface area contributed by atoms with Crippen molar-refractivity contribution >= 4 is 22.7 Å². The lowest BCUT2D eigenvalue weighted by molar-refractivity contribution is -0.139. The van der Waals surface area contributed by atoms with Crippen molar-refractivity contribution in [2.75, 3.05) is 20.2 Å². The number of aromatic amines is 1. The number of ether oxygens (including phenoxy) is 1. The Morgan fingerprint density at radius 2 is 1.82 bits per heavy atom. The third-order valence-electron chi connectivity index (χ3n) is 7.25. The molecule has 2 amide bonds.